The van der Waals surface area contributed by atoms with E-state index in [9.17, 15) is 4.79 Å². The smallest absolute Gasteiger partial charge is 0.167 e. The van der Waals surface area contributed by atoms with Gasteiger partial charge in [0.1, 0.15) is 0 Å². The predicted molar refractivity (Wildman–Crippen MR) is 66.4 cm³/mol. The van der Waals surface area contributed by atoms with Gasteiger partial charge in [0.2, 0.25) is 0 Å². The molecule has 1 saturated carbocycles. The summed E-state index contributed by atoms with van der Waals surface area (Å²) in [5.74, 6) is 1.62. The number of carbonyl (C=O) groups is 1. The number of Topliss-reactive ketones (excluding diaryl/α,β-unsaturated/α-hetero) is 1. The number of ketones is 1. The first-order valence-electron chi connectivity index (χ1n) is 5.71. The second kappa shape index (κ2) is 5.04. The Morgan fingerprint density at radius 1 is 1.18 bits per heavy atom. The van der Waals surface area contributed by atoms with Crippen molar-refractivity contribution >= 4 is 11.9 Å². The Morgan fingerprint density at radius 2 is 2.00 bits per heavy atom. The van der Waals surface area contributed by atoms with Crippen molar-refractivity contribution in [3.05, 3.63) is 29.3 Å². The molecule has 0 radical (unpaired) electrons. The predicted octanol–water partition coefficient (Wildman–Crippen LogP) is 2.84. The van der Waals surface area contributed by atoms with Gasteiger partial charge in [0.25, 0.3) is 0 Å². The number of para-hydroxylation sites is 1. The summed E-state index contributed by atoms with van der Waals surface area (Å²) >= 11 is 0. The molecule has 1 aliphatic carbocycles. The van der Waals surface area contributed by atoms with Crippen LogP contribution in [-0.2, 0) is 4.79 Å². The first kappa shape index (κ1) is 11.7. The monoisotopic (exact) mass is 232 g/mol. The topological polar surface area (TPSA) is 35.5 Å². The summed E-state index contributed by atoms with van der Waals surface area (Å²) in [6.07, 6.45) is 4.39. The lowest BCUT2D eigenvalue weighted by molar-refractivity contribution is -0.114. The lowest BCUT2D eigenvalue weighted by Gasteiger charge is -2.10. The van der Waals surface area contributed by atoms with Gasteiger partial charge in [-0.2, -0.15) is 0 Å². The van der Waals surface area contributed by atoms with Crippen LogP contribution in [0.4, 0.5) is 0 Å². The molecule has 90 valence electrons. The fourth-order valence-electron chi connectivity index (χ4n) is 2.11. The van der Waals surface area contributed by atoms with Gasteiger partial charge in [0.05, 0.1) is 14.2 Å². The second-order valence-corrected chi connectivity index (χ2v) is 4.03. The van der Waals surface area contributed by atoms with Crippen LogP contribution >= 0.6 is 0 Å². The first-order chi connectivity index (χ1) is 8.26. The Hall–Kier alpha value is -1.77. The third-order valence-corrected chi connectivity index (χ3v) is 2.97. The molecular weight excluding hydrogens is 216 g/mol. The Labute approximate surface area is 101 Å². The first-order valence-corrected chi connectivity index (χ1v) is 5.71. The minimum atomic E-state index is 0.245. The van der Waals surface area contributed by atoms with Crippen LogP contribution in [0.15, 0.2) is 23.8 Å². The van der Waals surface area contributed by atoms with Crippen molar-refractivity contribution in [3.8, 4) is 11.5 Å². The van der Waals surface area contributed by atoms with Gasteiger partial charge in [-0.3, -0.25) is 4.79 Å². The van der Waals surface area contributed by atoms with Gasteiger partial charge >= 0.3 is 0 Å². The van der Waals surface area contributed by atoms with Gasteiger partial charge in [-0.25, -0.2) is 0 Å². The van der Waals surface area contributed by atoms with E-state index in [1.807, 2.05) is 24.3 Å². The zero-order valence-electron chi connectivity index (χ0n) is 10.2. The average Bonchev–Trinajstić information content (AvgIpc) is 2.74. The number of hydrogen-bond acceptors (Lipinski definition) is 3. The van der Waals surface area contributed by atoms with E-state index in [0.29, 0.717) is 17.9 Å². The van der Waals surface area contributed by atoms with Crippen molar-refractivity contribution in [3.63, 3.8) is 0 Å². The summed E-state index contributed by atoms with van der Waals surface area (Å²) in [6.45, 7) is 0. The molecule has 3 heteroatoms. The largest absolute Gasteiger partial charge is 0.493 e. The summed E-state index contributed by atoms with van der Waals surface area (Å²) in [5.41, 5.74) is 1.79. The molecule has 0 atom stereocenters. The van der Waals surface area contributed by atoms with Crippen LogP contribution in [-0.4, -0.2) is 20.0 Å². The van der Waals surface area contributed by atoms with Gasteiger partial charge in [-0.15, -0.1) is 0 Å². The molecule has 0 amide bonds. The van der Waals surface area contributed by atoms with Gasteiger partial charge in [-0.1, -0.05) is 12.1 Å². The number of carbonyl (C=O) groups excluding carboxylic acids is 1. The van der Waals surface area contributed by atoms with Crippen molar-refractivity contribution in [2.45, 2.75) is 19.3 Å². The zero-order chi connectivity index (χ0) is 12.3. The van der Waals surface area contributed by atoms with Crippen LogP contribution in [0.25, 0.3) is 6.08 Å². The number of allylic oxidation sites excluding steroid dienone is 1. The highest BCUT2D eigenvalue weighted by molar-refractivity contribution is 6.01. The number of methoxy groups -OCH3 is 2. The molecule has 0 saturated heterocycles. The van der Waals surface area contributed by atoms with Crippen LogP contribution in [0.3, 0.4) is 0 Å². The van der Waals surface area contributed by atoms with E-state index in [0.717, 1.165) is 24.0 Å². The Morgan fingerprint density at radius 3 is 2.59 bits per heavy atom. The van der Waals surface area contributed by atoms with Crippen molar-refractivity contribution in [1.29, 1.82) is 0 Å². The van der Waals surface area contributed by atoms with Crippen LogP contribution < -0.4 is 9.47 Å². The summed E-state index contributed by atoms with van der Waals surface area (Å²) < 4.78 is 10.6. The molecule has 0 unspecified atom stereocenters. The lowest BCUT2D eigenvalue weighted by Crippen LogP contribution is -1.95. The van der Waals surface area contributed by atoms with Crippen LogP contribution in [0, 0.1) is 0 Å². The van der Waals surface area contributed by atoms with E-state index in [4.69, 9.17) is 9.47 Å². The van der Waals surface area contributed by atoms with E-state index < -0.39 is 0 Å². The van der Waals surface area contributed by atoms with Crippen molar-refractivity contribution < 1.29 is 14.3 Å². The molecule has 1 fully saturated rings. The van der Waals surface area contributed by atoms with Crippen LogP contribution in [0.5, 0.6) is 11.5 Å². The van der Waals surface area contributed by atoms with E-state index in [1.165, 1.54) is 0 Å². The van der Waals surface area contributed by atoms with Crippen molar-refractivity contribution in [2.24, 2.45) is 0 Å². The maximum Gasteiger partial charge on any atom is 0.167 e. The summed E-state index contributed by atoms with van der Waals surface area (Å²) in [4.78, 5) is 11.6. The number of benzene rings is 1. The third kappa shape index (κ3) is 2.33. The highest BCUT2D eigenvalue weighted by Crippen LogP contribution is 2.33. The summed E-state index contributed by atoms with van der Waals surface area (Å²) in [7, 11) is 3.21. The van der Waals surface area contributed by atoms with Gasteiger partial charge < -0.3 is 9.47 Å². The molecule has 1 aliphatic rings. The second-order valence-electron chi connectivity index (χ2n) is 4.03. The number of ether oxygens (including phenoxy) is 2. The molecule has 0 aliphatic heterocycles. The SMILES string of the molecule is COc1cccc(/C=C2\CCCC2=O)c1OC. The summed E-state index contributed by atoms with van der Waals surface area (Å²) in [5, 5.41) is 0. The molecule has 0 bridgehead atoms. The van der Waals surface area contributed by atoms with Crippen molar-refractivity contribution in [2.75, 3.05) is 14.2 Å². The van der Waals surface area contributed by atoms with Crippen LogP contribution in [0.1, 0.15) is 24.8 Å². The van der Waals surface area contributed by atoms with Gasteiger partial charge in [0, 0.05) is 12.0 Å². The Kier molecular flexibility index (Phi) is 3.47. The normalized spacial score (nSPS) is 17.5. The van der Waals surface area contributed by atoms with Crippen molar-refractivity contribution in [1.82, 2.24) is 0 Å². The standard InChI is InChI=1S/C14H16O3/c1-16-13-8-4-6-11(14(13)17-2)9-10-5-3-7-12(10)15/h4,6,8-9H,3,5,7H2,1-2H3/b10-9+. The minimum Gasteiger partial charge on any atom is -0.493 e. The number of hydrogen-bond donors (Lipinski definition) is 0. The highest BCUT2D eigenvalue weighted by Gasteiger charge is 2.18. The fraction of sp³-hybridized carbons (Fsp3) is 0.357. The Bertz CT molecular complexity index is 461. The fourth-order valence-corrected chi connectivity index (χ4v) is 2.11. The van der Waals surface area contributed by atoms with Gasteiger partial charge in [-0.05, 0) is 30.6 Å². The molecule has 17 heavy (non-hydrogen) atoms. The molecule has 1 aromatic rings. The van der Waals surface area contributed by atoms with E-state index in [2.05, 4.69) is 0 Å². The average molecular weight is 232 g/mol. The molecular formula is C14H16O3. The highest BCUT2D eigenvalue weighted by atomic mass is 16.5. The van der Waals surface area contributed by atoms with Crippen LogP contribution in [0.2, 0.25) is 0 Å². The van der Waals surface area contributed by atoms with E-state index in [1.54, 1.807) is 14.2 Å². The van der Waals surface area contributed by atoms with E-state index >= 15 is 0 Å². The molecule has 0 spiro atoms. The number of rotatable bonds is 3. The maximum atomic E-state index is 11.6. The zero-order valence-corrected chi connectivity index (χ0v) is 10.2. The lowest BCUT2D eigenvalue weighted by atomic mass is 10.1. The molecule has 0 aromatic heterocycles. The molecule has 0 N–H and O–H groups in total. The third-order valence-electron chi connectivity index (χ3n) is 2.97. The molecule has 3 nitrogen and oxygen atoms in total. The van der Waals surface area contributed by atoms with Gasteiger partial charge in [0.15, 0.2) is 17.3 Å². The Balaban J connectivity index is 2.41. The maximum absolute atomic E-state index is 11.6. The molecule has 2 rings (SSSR count). The quantitative estimate of drug-likeness (QED) is 0.752. The van der Waals surface area contributed by atoms with E-state index in [-0.39, 0.29) is 5.78 Å². The molecule has 0 heterocycles. The summed E-state index contributed by atoms with van der Waals surface area (Å²) in [6, 6.07) is 5.67. The molecule has 1 aromatic carbocycles. The minimum absolute atomic E-state index is 0.245.